The summed E-state index contributed by atoms with van der Waals surface area (Å²) in [4.78, 5) is 14.0. The molecule has 1 unspecified atom stereocenters. The Labute approximate surface area is 120 Å². The smallest absolute Gasteiger partial charge is 0.222 e. The number of likely N-dealkylation sites (tertiary alicyclic amines) is 1. The quantitative estimate of drug-likeness (QED) is 0.859. The molecular formula is C16H23FN2O. The van der Waals surface area contributed by atoms with E-state index < -0.39 is 0 Å². The van der Waals surface area contributed by atoms with Gasteiger partial charge in [-0.1, -0.05) is 25.8 Å². The van der Waals surface area contributed by atoms with Gasteiger partial charge in [-0.25, -0.2) is 4.39 Å². The third-order valence-corrected chi connectivity index (χ3v) is 4.09. The molecule has 1 aliphatic heterocycles. The molecule has 2 N–H and O–H groups in total. The summed E-state index contributed by atoms with van der Waals surface area (Å²) in [5.41, 5.74) is 7.07. The van der Waals surface area contributed by atoms with Crippen LogP contribution in [0.2, 0.25) is 0 Å². The van der Waals surface area contributed by atoms with Crippen molar-refractivity contribution in [3.05, 3.63) is 29.6 Å². The van der Waals surface area contributed by atoms with Gasteiger partial charge in [0, 0.05) is 25.2 Å². The molecule has 0 radical (unpaired) electrons. The van der Waals surface area contributed by atoms with E-state index in [0.29, 0.717) is 24.6 Å². The fourth-order valence-electron chi connectivity index (χ4n) is 2.87. The van der Waals surface area contributed by atoms with E-state index in [1.165, 1.54) is 25.0 Å². The minimum atomic E-state index is -0.337. The molecule has 1 saturated heterocycles. The summed E-state index contributed by atoms with van der Waals surface area (Å²) in [6.45, 7) is 3.45. The first-order valence-electron chi connectivity index (χ1n) is 7.41. The Morgan fingerprint density at radius 1 is 1.40 bits per heavy atom. The number of anilines is 1. The van der Waals surface area contributed by atoms with Gasteiger partial charge in [0.25, 0.3) is 0 Å². The van der Waals surface area contributed by atoms with Crippen molar-refractivity contribution in [1.29, 1.82) is 0 Å². The Balaban J connectivity index is 2.02. The topological polar surface area (TPSA) is 46.3 Å². The van der Waals surface area contributed by atoms with Crippen LogP contribution in [-0.2, 0) is 11.3 Å². The highest BCUT2D eigenvalue weighted by Gasteiger charge is 2.22. The van der Waals surface area contributed by atoms with E-state index in [9.17, 15) is 9.18 Å². The van der Waals surface area contributed by atoms with Crippen molar-refractivity contribution in [3.8, 4) is 0 Å². The van der Waals surface area contributed by atoms with Crippen LogP contribution in [-0.4, -0.2) is 17.4 Å². The summed E-state index contributed by atoms with van der Waals surface area (Å²) in [7, 11) is 0. The van der Waals surface area contributed by atoms with E-state index in [2.05, 4.69) is 6.92 Å². The molecule has 1 heterocycles. The van der Waals surface area contributed by atoms with Gasteiger partial charge < -0.3 is 10.6 Å². The van der Waals surface area contributed by atoms with Gasteiger partial charge in [0.2, 0.25) is 5.91 Å². The van der Waals surface area contributed by atoms with Crippen LogP contribution in [0, 0.1) is 11.7 Å². The van der Waals surface area contributed by atoms with Gasteiger partial charge in [0.15, 0.2) is 0 Å². The van der Waals surface area contributed by atoms with Crippen LogP contribution >= 0.6 is 0 Å². The number of nitrogens with two attached hydrogens (primary N) is 1. The number of carbonyl (C=O) groups is 1. The second kappa shape index (κ2) is 6.73. The highest BCUT2D eigenvalue weighted by atomic mass is 19.1. The first-order valence-corrected chi connectivity index (χ1v) is 7.41. The lowest BCUT2D eigenvalue weighted by Gasteiger charge is -2.22. The van der Waals surface area contributed by atoms with Gasteiger partial charge >= 0.3 is 0 Å². The van der Waals surface area contributed by atoms with Crippen molar-refractivity contribution in [2.24, 2.45) is 5.92 Å². The minimum absolute atomic E-state index is 0.187. The van der Waals surface area contributed by atoms with Crippen molar-refractivity contribution in [3.63, 3.8) is 0 Å². The number of rotatable bonds is 4. The number of carbonyl (C=O) groups excluding carboxylic acids is 1. The lowest BCUT2D eigenvalue weighted by molar-refractivity contribution is -0.131. The predicted molar refractivity (Wildman–Crippen MR) is 78.5 cm³/mol. The Hall–Kier alpha value is -1.58. The second-order valence-corrected chi connectivity index (χ2v) is 5.64. The van der Waals surface area contributed by atoms with Crippen molar-refractivity contribution in [1.82, 2.24) is 4.90 Å². The standard InChI is InChI=1S/C16H23FN2O/c1-2-3-12-4-7-16(20)19(9-8-12)11-13-5-6-14(17)10-15(13)18/h5-6,10,12H,2-4,7-9,11,18H2,1H3. The van der Waals surface area contributed by atoms with Crippen LogP contribution in [0.15, 0.2) is 18.2 Å². The summed E-state index contributed by atoms with van der Waals surface area (Å²) in [5.74, 6) is 0.503. The highest BCUT2D eigenvalue weighted by Crippen LogP contribution is 2.24. The Morgan fingerprint density at radius 2 is 2.20 bits per heavy atom. The first kappa shape index (κ1) is 14.8. The first-order chi connectivity index (χ1) is 9.60. The third-order valence-electron chi connectivity index (χ3n) is 4.09. The van der Waals surface area contributed by atoms with Crippen molar-refractivity contribution < 1.29 is 9.18 Å². The number of halogens is 1. The number of amides is 1. The van der Waals surface area contributed by atoms with Gasteiger partial charge in [-0.3, -0.25) is 4.79 Å². The summed E-state index contributed by atoms with van der Waals surface area (Å²) in [5, 5.41) is 0. The molecule has 110 valence electrons. The molecule has 1 amide bonds. The van der Waals surface area contributed by atoms with Gasteiger partial charge in [-0.2, -0.15) is 0 Å². The van der Waals surface area contributed by atoms with Crippen LogP contribution in [0.3, 0.4) is 0 Å². The molecule has 4 heteroatoms. The zero-order chi connectivity index (χ0) is 14.5. The van der Waals surface area contributed by atoms with Crippen LogP contribution in [0.1, 0.15) is 44.6 Å². The maximum atomic E-state index is 13.0. The Kier molecular flexibility index (Phi) is 4.99. The summed E-state index contributed by atoms with van der Waals surface area (Å²) in [6.07, 6.45) is 5.03. The van der Waals surface area contributed by atoms with Crippen LogP contribution < -0.4 is 5.73 Å². The molecule has 0 saturated carbocycles. The predicted octanol–water partition coefficient (Wildman–Crippen LogP) is 3.34. The molecule has 0 aliphatic carbocycles. The molecule has 0 bridgehead atoms. The van der Waals surface area contributed by atoms with E-state index in [-0.39, 0.29) is 11.7 Å². The molecule has 3 nitrogen and oxygen atoms in total. The van der Waals surface area contributed by atoms with Gasteiger partial charge in [0.1, 0.15) is 5.82 Å². The van der Waals surface area contributed by atoms with Crippen LogP contribution in [0.25, 0.3) is 0 Å². The van der Waals surface area contributed by atoms with Crippen molar-refractivity contribution in [2.75, 3.05) is 12.3 Å². The average Bonchev–Trinajstić information content (AvgIpc) is 2.57. The molecule has 20 heavy (non-hydrogen) atoms. The normalized spacial score (nSPS) is 20.0. The van der Waals surface area contributed by atoms with Crippen molar-refractivity contribution in [2.45, 2.75) is 45.6 Å². The zero-order valence-electron chi connectivity index (χ0n) is 12.1. The van der Waals surface area contributed by atoms with Crippen molar-refractivity contribution >= 4 is 11.6 Å². The molecule has 0 spiro atoms. The lowest BCUT2D eigenvalue weighted by atomic mass is 9.96. The lowest BCUT2D eigenvalue weighted by Crippen LogP contribution is -2.30. The van der Waals surface area contributed by atoms with E-state index >= 15 is 0 Å². The summed E-state index contributed by atoms with van der Waals surface area (Å²) < 4.78 is 13.0. The van der Waals surface area contributed by atoms with E-state index in [0.717, 1.165) is 24.9 Å². The number of benzene rings is 1. The second-order valence-electron chi connectivity index (χ2n) is 5.64. The Bertz CT molecular complexity index is 476. The van der Waals surface area contributed by atoms with Gasteiger partial charge in [-0.15, -0.1) is 0 Å². The molecule has 0 aromatic heterocycles. The number of hydrogen-bond acceptors (Lipinski definition) is 2. The molecule has 2 rings (SSSR count). The molecule has 1 aromatic carbocycles. The van der Waals surface area contributed by atoms with E-state index in [1.807, 2.05) is 4.90 Å². The number of nitrogen functional groups attached to an aromatic ring is 1. The summed E-state index contributed by atoms with van der Waals surface area (Å²) >= 11 is 0. The van der Waals surface area contributed by atoms with Gasteiger partial charge in [-0.05, 0) is 36.5 Å². The Morgan fingerprint density at radius 3 is 2.90 bits per heavy atom. The maximum Gasteiger partial charge on any atom is 0.222 e. The largest absolute Gasteiger partial charge is 0.398 e. The highest BCUT2D eigenvalue weighted by molar-refractivity contribution is 5.76. The molecule has 1 aliphatic rings. The van der Waals surface area contributed by atoms with E-state index in [1.54, 1.807) is 6.07 Å². The summed E-state index contributed by atoms with van der Waals surface area (Å²) in [6, 6.07) is 4.39. The molecule has 1 atom stereocenters. The fraction of sp³-hybridized carbons (Fsp3) is 0.562. The number of hydrogen-bond donors (Lipinski definition) is 1. The van der Waals surface area contributed by atoms with Gasteiger partial charge in [0.05, 0.1) is 0 Å². The SMILES string of the molecule is CCCC1CCC(=O)N(Cc2ccc(F)cc2N)CC1. The molecule has 1 aromatic rings. The van der Waals surface area contributed by atoms with Crippen LogP contribution in [0.5, 0.6) is 0 Å². The monoisotopic (exact) mass is 278 g/mol. The van der Waals surface area contributed by atoms with Crippen LogP contribution in [0.4, 0.5) is 10.1 Å². The molecule has 1 fully saturated rings. The van der Waals surface area contributed by atoms with E-state index in [4.69, 9.17) is 5.73 Å². The maximum absolute atomic E-state index is 13.0. The minimum Gasteiger partial charge on any atom is -0.398 e. The number of nitrogens with zero attached hydrogens (tertiary/aromatic N) is 1. The zero-order valence-corrected chi connectivity index (χ0v) is 12.1. The average molecular weight is 278 g/mol. The fourth-order valence-corrected chi connectivity index (χ4v) is 2.87. The third kappa shape index (κ3) is 3.71. The molecular weight excluding hydrogens is 255 g/mol.